The van der Waals surface area contributed by atoms with Crippen LogP contribution in [0.5, 0.6) is 0 Å². The Balaban J connectivity index is 1.83. The molecule has 1 saturated heterocycles. The van der Waals surface area contributed by atoms with Crippen LogP contribution in [0.25, 0.3) is 0 Å². The number of carbonyl (C=O) groups excluding carboxylic acids is 2. The van der Waals surface area contributed by atoms with Crippen molar-refractivity contribution in [2.45, 2.75) is 46.1 Å². The number of urea groups is 1. The van der Waals surface area contributed by atoms with Crippen LogP contribution >= 0.6 is 0 Å². The molecule has 8 heteroatoms. The van der Waals surface area contributed by atoms with Gasteiger partial charge >= 0.3 is 6.03 Å². The summed E-state index contributed by atoms with van der Waals surface area (Å²) in [6, 6.07) is 4.43. The molecule has 27 heavy (non-hydrogen) atoms. The number of hydrogen-bond donors (Lipinski definition) is 2. The highest BCUT2D eigenvalue weighted by atomic mass is 16.6. The fraction of sp³-hybridized carbons (Fsp3) is 0.579. The third-order valence-electron chi connectivity index (χ3n) is 4.60. The zero-order valence-electron chi connectivity index (χ0n) is 16.4. The molecule has 1 fully saturated rings. The lowest BCUT2D eigenvalue weighted by Crippen LogP contribution is -2.51. The number of nitrogens with one attached hydrogen (secondary N) is 2. The molecule has 0 aliphatic carbocycles. The first-order valence-corrected chi connectivity index (χ1v) is 9.17. The van der Waals surface area contributed by atoms with E-state index in [9.17, 15) is 19.7 Å². The minimum atomic E-state index is -0.482. The molecule has 1 aromatic rings. The maximum absolute atomic E-state index is 12.3. The first-order chi connectivity index (χ1) is 12.6. The molecule has 0 bridgehead atoms. The van der Waals surface area contributed by atoms with E-state index in [0.717, 1.165) is 12.8 Å². The third kappa shape index (κ3) is 5.94. The molecule has 0 atom stereocenters. The lowest BCUT2D eigenvalue weighted by atomic mass is 9.96. The van der Waals surface area contributed by atoms with Crippen molar-refractivity contribution in [2.24, 2.45) is 5.92 Å². The normalized spacial score (nSPS) is 15.3. The lowest BCUT2D eigenvalue weighted by molar-refractivity contribution is -0.385. The van der Waals surface area contributed by atoms with Gasteiger partial charge < -0.3 is 15.5 Å². The van der Waals surface area contributed by atoms with Crippen molar-refractivity contribution >= 4 is 17.6 Å². The minimum Gasteiger partial charge on any atom is -0.352 e. The van der Waals surface area contributed by atoms with Gasteiger partial charge in [0.05, 0.1) is 4.92 Å². The number of likely N-dealkylation sites (tertiary alicyclic amines) is 1. The summed E-state index contributed by atoms with van der Waals surface area (Å²) < 4.78 is 0. The molecule has 1 heterocycles. The Hall–Kier alpha value is -2.64. The largest absolute Gasteiger partial charge is 0.352 e. The summed E-state index contributed by atoms with van der Waals surface area (Å²) in [6.07, 6.45) is 1.62. The molecule has 1 aliphatic rings. The van der Waals surface area contributed by atoms with Crippen LogP contribution in [0.3, 0.4) is 0 Å². The van der Waals surface area contributed by atoms with Crippen LogP contribution in [-0.4, -0.2) is 46.9 Å². The first kappa shape index (κ1) is 20.7. The van der Waals surface area contributed by atoms with Crippen molar-refractivity contribution in [1.82, 2.24) is 15.5 Å². The van der Waals surface area contributed by atoms with Crippen molar-refractivity contribution < 1.29 is 14.5 Å². The summed E-state index contributed by atoms with van der Waals surface area (Å²) >= 11 is 0. The number of nitrogens with zero attached hydrogens (tertiary/aromatic N) is 2. The summed E-state index contributed by atoms with van der Waals surface area (Å²) in [5.74, 6) is -0.0286. The van der Waals surface area contributed by atoms with Gasteiger partial charge in [-0.05, 0) is 52.5 Å². The second-order valence-corrected chi connectivity index (χ2v) is 8.08. The van der Waals surface area contributed by atoms with Crippen LogP contribution in [0.4, 0.5) is 10.5 Å². The van der Waals surface area contributed by atoms with E-state index >= 15 is 0 Å². The van der Waals surface area contributed by atoms with Gasteiger partial charge in [-0.15, -0.1) is 0 Å². The van der Waals surface area contributed by atoms with Crippen molar-refractivity contribution in [2.75, 3.05) is 19.6 Å². The molecule has 148 valence electrons. The molecule has 2 N–H and O–H groups in total. The summed E-state index contributed by atoms with van der Waals surface area (Å²) in [5, 5.41) is 16.8. The van der Waals surface area contributed by atoms with Crippen LogP contribution in [0.1, 0.15) is 49.5 Å². The predicted octanol–water partition coefficient (Wildman–Crippen LogP) is 2.85. The molecule has 2 rings (SSSR count). The van der Waals surface area contributed by atoms with Crippen molar-refractivity contribution in [3.8, 4) is 0 Å². The van der Waals surface area contributed by atoms with E-state index in [2.05, 4.69) is 10.6 Å². The highest BCUT2D eigenvalue weighted by Gasteiger charge is 2.25. The van der Waals surface area contributed by atoms with E-state index in [0.29, 0.717) is 25.2 Å². The summed E-state index contributed by atoms with van der Waals surface area (Å²) in [6.45, 7) is 9.28. The zero-order valence-corrected chi connectivity index (χ0v) is 16.4. The van der Waals surface area contributed by atoms with Crippen LogP contribution in [-0.2, 0) is 0 Å². The Morgan fingerprint density at radius 1 is 1.26 bits per heavy atom. The van der Waals surface area contributed by atoms with E-state index < -0.39 is 4.92 Å². The van der Waals surface area contributed by atoms with Gasteiger partial charge in [0.25, 0.3) is 11.6 Å². The van der Waals surface area contributed by atoms with E-state index in [1.165, 1.54) is 6.07 Å². The second-order valence-electron chi connectivity index (χ2n) is 8.08. The monoisotopic (exact) mass is 376 g/mol. The molecule has 3 amide bonds. The zero-order chi connectivity index (χ0) is 20.2. The first-order valence-electron chi connectivity index (χ1n) is 9.17. The minimum absolute atomic E-state index is 0.0548. The number of piperidine rings is 1. The van der Waals surface area contributed by atoms with Gasteiger partial charge in [-0.25, -0.2) is 4.79 Å². The Kier molecular flexibility index (Phi) is 6.41. The third-order valence-corrected chi connectivity index (χ3v) is 4.60. The Labute approximate surface area is 159 Å². The number of aryl methyl sites for hydroxylation is 1. The van der Waals surface area contributed by atoms with Crippen LogP contribution in [0.2, 0.25) is 0 Å². The Morgan fingerprint density at radius 2 is 1.89 bits per heavy atom. The Morgan fingerprint density at radius 3 is 2.44 bits per heavy atom. The van der Waals surface area contributed by atoms with Crippen LogP contribution in [0.15, 0.2) is 18.2 Å². The molecule has 0 spiro atoms. The molecule has 0 radical (unpaired) electrons. The number of nitro groups is 1. The molecular weight excluding hydrogens is 348 g/mol. The van der Waals surface area contributed by atoms with Crippen molar-refractivity contribution in [1.29, 1.82) is 0 Å². The van der Waals surface area contributed by atoms with E-state index in [-0.39, 0.29) is 34.6 Å². The number of benzene rings is 1. The van der Waals surface area contributed by atoms with E-state index in [4.69, 9.17) is 0 Å². The van der Waals surface area contributed by atoms with Gasteiger partial charge in [-0.1, -0.05) is 6.07 Å². The molecule has 0 aromatic heterocycles. The topological polar surface area (TPSA) is 105 Å². The van der Waals surface area contributed by atoms with Crippen LogP contribution < -0.4 is 10.6 Å². The number of amides is 3. The van der Waals surface area contributed by atoms with Gasteiger partial charge in [-0.3, -0.25) is 14.9 Å². The standard InChI is InChI=1S/C19H28N4O4/c1-13-5-6-15(11-16(13)23(26)27)17(24)20-12-14-7-9-22(10-8-14)18(25)21-19(2,3)4/h5-6,11,14H,7-10,12H2,1-4H3,(H,20,24)(H,21,25). The number of nitro benzene ring substituents is 1. The summed E-state index contributed by atoms with van der Waals surface area (Å²) in [4.78, 5) is 36.8. The SMILES string of the molecule is Cc1ccc(C(=O)NCC2CCN(C(=O)NC(C)(C)C)CC2)cc1[N+](=O)[O-]. The number of carbonyl (C=O) groups is 2. The van der Waals surface area contributed by atoms with E-state index in [1.807, 2.05) is 20.8 Å². The average Bonchev–Trinajstić information content (AvgIpc) is 2.58. The fourth-order valence-electron chi connectivity index (χ4n) is 3.03. The second kappa shape index (κ2) is 8.37. The van der Waals surface area contributed by atoms with Gasteiger partial charge in [0, 0.05) is 42.4 Å². The highest BCUT2D eigenvalue weighted by Crippen LogP contribution is 2.20. The fourth-order valence-corrected chi connectivity index (χ4v) is 3.03. The quantitative estimate of drug-likeness (QED) is 0.623. The molecule has 1 aromatic carbocycles. The average molecular weight is 376 g/mol. The predicted molar refractivity (Wildman–Crippen MR) is 103 cm³/mol. The van der Waals surface area contributed by atoms with Gasteiger partial charge in [0.15, 0.2) is 0 Å². The van der Waals surface area contributed by atoms with Gasteiger partial charge in [0.2, 0.25) is 0 Å². The Bertz CT molecular complexity index is 719. The van der Waals surface area contributed by atoms with Crippen molar-refractivity contribution in [3.05, 3.63) is 39.4 Å². The summed E-state index contributed by atoms with van der Waals surface area (Å²) in [7, 11) is 0. The molecule has 1 aliphatic heterocycles. The molecule has 0 saturated carbocycles. The highest BCUT2D eigenvalue weighted by molar-refractivity contribution is 5.95. The van der Waals surface area contributed by atoms with Crippen molar-refractivity contribution in [3.63, 3.8) is 0 Å². The summed E-state index contributed by atoms with van der Waals surface area (Å²) in [5.41, 5.74) is 0.492. The van der Waals surface area contributed by atoms with E-state index in [1.54, 1.807) is 24.0 Å². The number of hydrogen-bond acceptors (Lipinski definition) is 4. The molecular formula is C19H28N4O4. The molecule has 8 nitrogen and oxygen atoms in total. The maximum atomic E-state index is 12.3. The lowest BCUT2D eigenvalue weighted by Gasteiger charge is -2.34. The number of rotatable bonds is 4. The van der Waals surface area contributed by atoms with Gasteiger partial charge in [-0.2, -0.15) is 0 Å². The maximum Gasteiger partial charge on any atom is 0.317 e. The van der Waals surface area contributed by atoms with Crippen LogP contribution in [0, 0.1) is 23.0 Å². The smallest absolute Gasteiger partial charge is 0.317 e. The molecule has 0 unspecified atom stereocenters. The van der Waals surface area contributed by atoms with Gasteiger partial charge in [0.1, 0.15) is 0 Å².